The fraction of sp³-hybridized carbons (Fsp3) is 0.389. The van der Waals surface area contributed by atoms with Crippen LogP contribution in [0.25, 0.3) is 0 Å². The van der Waals surface area contributed by atoms with Gasteiger partial charge in [-0.05, 0) is 24.5 Å². The van der Waals surface area contributed by atoms with Gasteiger partial charge in [0.1, 0.15) is 5.76 Å². The van der Waals surface area contributed by atoms with Crippen LogP contribution in [0.1, 0.15) is 24.5 Å². The maximum absolute atomic E-state index is 12.4. The first-order chi connectivity index (χ1) is 11.4. The summed E-state index contributed by atoms with van der Waals surface area (Å²) in [5, 5.41) is 4.81. The minimum absolute atomic E-state index is 0.231. The maximum Gasteiger partial charge on any atom is 0.305 e. The zero-order chi connectivity index (χ0) is 18.1. The van der Waals surface area contributed by atoms with Crippen molar-refractivity contribution in [2.45, 2.75) is 26.2 Å². The summed E-state index contributed by atoms with van der Waals surface area (Å²) in [7, 11) is 4.46. The van der Waals surface area contributed by atoms with Crippen LogP contribution in [0.15, 0.2) is 40.7 Å². The molecule has 1 aromatic rings. The number of rotatable bonds is 8. The number of amides is 1. The first-order valence-corrected chi connectivity index (χ1v) is 7.56. The number of hydrogen-bond donors (Lipinski definition) is 0. The van der Waals surface area contributed by atoms with Crippen LogP contribution in [0, 0.1) is 0 Å². The Kier molecular flexibility index (Phi) is 7.68. The molecule has 24 heavy (non-hydrogen) atoms. The van der Waals surface area contributed by atoms with E-state index < -0.39 is 0 Å². The van der Waals surface area contributed by atoms with Gasteiger partial charge < -0.3 is 9.47 Å². The maximum atomic E-state index is 12.4. The lowest BCUT2D eigenvalue weighted by Crippen LogP contribution is -2.24. The molecule has 130 valence electrons. The molecule has 0 aliphatic rings. The fourth-order valence-electron chi connectivity index (χ4n) is 2.11. The molecule has 0 saturated carbocycles. The van der Waals surface area contributed by atoms with Crippen molar-refractivity contribution in [2.24, 2.45) is 5.10 Å². The molecule has 0 aliphatic carbocycles. The molecule has 1 amide bonds. The average molecular weight is 332 g/mol. The largest absolute Gasteiger partial charge is 0.501 e. The van der Waals surface area contributed by atoms with Gasteiger partial charge in [-0.25, -0.2) is 5.01 Å². The van der Waals surface area contributed by atoms with Gasteiger partial charge in [-0.2, -0.15) is 5.10 Å². The topological polar surface area (TPSA) is 68.2 Å². The highest BCUT2D eigenvalue weighted by atomic mass is 16.5. The predicted molar refractivity (Wildman–Crippen MR) is 92.5 cm³/mol. The molecule has 0 aromatic heterocycles. The molecule has 0 heterocycles. The van der Waals surface area contributed by atoms with E-state index in [1.165, 1.54) is 19.2 Å². The van der Waals surface area contributed by atoms with E-state index in [4.69, 9.17) is 4.74 Å². The zero-order valence-electron chi connectivity index (χ0n) is 14.7. The smallest absolute Gasteiger partial charge is 0.305 e. The van der Waals surface area contributed by atoms with Crippen LogP contribution in [-0.2, 0) is 31.9 Å². The van der Waals surface area contributed by atoms with Crippen molar-refractivity contribution in [1.29, 1.82) is 0 Å². The van der Waals surface area contributed by atoms with E-state index in [0.29, 0.717) is 30.6 Å². The Labute approximate surface area is 142 Å². The molecule has 0 spiro atoms. The highest BCUT2D eigenvalue weighted by molar-refractivity contribution is 5.94. The van der Waals surface area contributed by atoms with Crippen molar-refractivity contribution in [3.8, 4) is 0 Å². The van der Waals surface area contributed by atoms with Gasteiger partial charge in [0.05, 0.1) is 19.8 Å². The summed E-state index contributed by atoms with van der Waals surface area (Å²) in [6, 6.07) is 7.75. The van der Waals surface area contributed by atoms with Crippen LogP contribution in [0.2, 0.25) is 0 Å². The molecule has 0 N–H and O–H groups in total. The van der Waals surface area contributed by atoms with Crippen LogP contribution in [0.3, 0.4) is 0 Å². The summed E-state index contributed by atoms with van der Waals surface area (Å²) in [4.78, 5) is 23.5. The monoisotopic (exact) mass is 332 g/mol. The molecule has 0 radical (unpaired) electrons. The molecule has 0 unspecified atom stereocenters. The van der Waals surface area contributed by atoms with E-state index in [2.05, 4.69) is 16.6 Å². The van der Waals surface area contributed by atoms with Crippen molar-refractivity contribution >= 4 is 18.6 Å². The van der Waals surface area contributed by atoms with E-state index in [-0.39, 0.29) is 11.9 Å². The number of benzene rings is 1. The van der Waals surface area contributed by atoms with Gasteiger partial charge in [-0.3, -0.25) is 9.59 Å². The van der Waals surface area contributed by atoms with Gasteiger partial charge in [-0.15, -0.1) is 0 Å². The number of carbonyl (C=O) groups excluding carboxylic acids is 2. The third kappa shape index (κ3) is 5.53. The molecule has 1 aromatic carbocycles. The Morgan fingerprint density at radius 3 is 2.21 bits per heavy atom. The number of likely N-dealkylation sites (N-methyl/N-ethyl adjacent to an activating group) is 1. The SMILES string of the molecule is C=NN(C)C(=O)/C(Cc1ccc(CCC(=O)OC)cc1)=C(\C)OC. The Bertz CT molecular complexity index is 620. The summed E-state index contributed by atoms with van der Waals surface area (Å²) >= 11 is 0. The number of hydrogen-bond acceptors (Lipinski definition) is 5. The zero-order valence-corrected chi connectivity index (χ0v) is 14.7. The van der Waals surface area contributed by atoms with E-state index in [0.717, 1.165) is 11.1 Å². The highest BCUT2D eigenvalue weighted by Gasteiger charge is 2.18. The Morgan fingerprint density at radius 2 is 1.71 bits per heavy atom. The lowest BCUT2D eigenvalue weighted by Gasteiger charge is -2.15. The van der Waals surface area contributed by atoms with Crippen molar-refractivity contribution in [2.75, 3.05) is 21.3 Å². The van der Waals surface area contributed by atoms with Crippen LogP contribution >= 0.6 is 0 Å². The Balaban J connectivity index is 2.86. The third-order valence-corrected chi connectivity index (χ3v) is 3.74. The van der Waals surface area contributed by atoms with Crippen molar-refractivity contribution < 1.29 is 19.1 Å². The van der Waals surface area contributed by atoms with Gasteiger partial charge in [0.15, 0.2) is 0 Å². The van der Waals surface area contributed by atoms with Crippen molar-refractivity contribution in [3.63, 3.8) is 0 Å². The number of aryl methyl sites for hydroxylation is 1. The number of nitrogens with zero attached hydrogens (tertiary/aromatic N) is 2. The van der Waals surface area contributed by atoms with E-state index in [1.807, 2.05) is 24.3 Å². The standard InChI is InChI=1S/C18H24N2O4/c1-13(23-4)16(18(22)20(3)19-2)12-15-8-6-14(7-9-15)10-11-17(21)24-5/h6-9H,2,10-12H2,1,3-5H3/b16-13+. The fourth-order valence-corrected chi connectivity index (χ4v) is 2.11. The van der Waals surface area contributed by atoms with Gasteiger partial charge in [0.25, 0.3) is 5.91 Å². The Hall–Kier alpha value is -2.63. The minimum atomic E-state index is -0.251. The molecule has 1 rings (SSSR count). The number of ether oxygens (including phenoxy) is 2. The lowest BCUT2D eigenvalue weighted by atomic mass is 10.0. The van der Waals surface area contributed by atoms with Gasteiger partial charge in [0, 0.05) is 26.6 Å². The second kappa shape index (κ2) is 9.50. The minimum Gasteiger partial charge on any atom is -0.501 e. The van der Waals surface area contributed by atoms with Crippen LogP contribution in [0.4, 0.5) is 0 Å². The van der Waals surface area contributed by atoms with Crippen molar-refractivity contribution in [3.05, 3.63) is 46.7 Å². The van der Waals surface area contributed by atoms with E-state index in [1.54, 1.807) is 14.0 Å². The van der Waals surface area contributed by atoms with Gasteiger partial charge in [-0.1, -0.05) is 24.3 Å². The number of carbonyl (C=O) groups is 2. The second-order valence-electron chi connectivity index (χ2n) is 5.28. The lowest BCUT2D eigenvalue weighted by molar-refractivity contribution is -0.140. The molecular formula is C18H24N2O4. The molecule has 0 aliphatic heterocycles. The summed E-state index contributed by atoms with van der Waals surface area (Å²) in [6.45, 7) is 5.11. The summed E-state index contributed by atoms with van der Waals surface area (Å²) in [6.07, 6.45) is 1.39. The summed E-state index contributed by atoms with van der Waals surface area (Å²) in [5.41, 5.74) is 2.53. The molecule has 6 heteroatoms. The number of hydrazone groups is 1. The Morgan fingerprint density at radius 1 is 1.12 bits per heavy atom. The number of methoxy groups -OCH3 is 2. The second-order valence-corrected chi connectivity index (χ2v) is 5.28. The van der Waals surface area contributed by atoms with Gasteiger partial charge in [0.2, 0.25) is 0 Å². The average Bonchev–Trinajstić information content (AvgIpc) is 2.63. The predicted octanol–water partition coefficient (Wildman–Crippen LogP) is 2.33. The van der Waals surface area contributed by atoms with Crippen LogP contribution in [0.5, 0.6) is 0 Å². The molecular weight excluding hydrogens is 308 g/mol. The number of allylic oxidation sites excluding steroid dienone is 1. The molecule has 0 atom stereocenters. The van der Waals surface area contributed by atoms with Gasteiger partial charge >= 0.3 is 5.97 Å². The quantitative estimate of drug-likeness (QED) is 0.241. The molecule has 6 nitrogen and oxygen atoms in total. The summed E-state index contributed by atoms with van der Waals surface area (Å²) < 4.78 is 9.85. The third-order valence-electron chi connectivity index (χ3n) is 3.74. The first kappa shape index (κ1) is 19.4. The normalized spacial score (nSPS) is 11.3. The highest BCUT2D eigenvalue weighted by Crippen LogP contribution is 2.17. The van der Waals surface area contributed by atoms with Crippen LogP contribution < -0.4 is 0 Å². The molecule has 0 saturated heterocycles. The number of esters is 1. The molecule has 0 fully saturated rings. The van der Waals surface area contributed by atoms with E-state index in [9.17, 15) is 9.59 Å². The van der Waals surface area contributed by atoms with Crippen molar-refractivity contribution in [1.82, 2.24) is 5.01 Å². The summed E-state index contributed by atoms with van der Waals surface area (Å²) in [5.74, 6) is 0.0648. The first-order valence-electron chi connectivity index (χ1n) is 7.56. The van der Waals surface area contributed by atoms with Crippen LogP contribution in [-0.4, -0.2) is 44.9 Å². The van der Waals surface area contributed by atoms with E-state index >= 15 is 0 Å². The molecule has 0 bridgehead atoms.